The Hall–Kier alpha value is -2.72. The number of benzene rings is 1. The lowest BCUT2D eigenvalue weighted by Gasteiger charge is -2.16. The molecular weight excluding hydrogens is 442 g/mol. The van der Waals surface area contributed by atoms with E-state index in [-0.39, 0.29) is 11.2 Å². The number of aryl methyl sites for hydroxylation is 1. The van der Waals surface area contributed by atoms with Gasteiger partial charge in [0.1, 0.15) is 17.7 Å². The summed E-state index contributed by atoms with van der Waals surface area (Å²) < 4.78 is 2.67. The smallest absolute Gasteiger partial charge is 0.235 e. The van der Waals surface area contributed by atoms with E-state index in [1.54, 1.807) is 22.8 Å². The lowest BCUT2D eigenvalue weighted by atomic mass is 10.0. The summed E-state index contributed by atoms with van der Waals surface area (Å²) in [5, 5.41) is 7.68. The molecule has 0 aliphatic carbocycles. The van der Waals surface area contributed by atoms with Crippen molar-refractivity contribution in [3.05, 3.63) is 58.2 Å². The van der Waals surface area contributed by atoms with Gasteiger partial charge in [0.25, 0.3) is 0 Å². The second-order valence-corrected chi connectivity index (χ2v) is 8.27. The molecule has 3 aromatic heterocycles. The number of rotatable bonds is 2. The number of anilines is 1. The van der Waals surface area contributed by atoms with Gasteiger partial charge in [0.05, 0.1) is 23.0 Å². The number of thioether (sulfide) groups is 1. The van der Waals surface area contributed by atoms with Crippen molar-refractivity contribution in [2.75, 3.05) is 11.1 Å². The third-order valence-corrected chi connectivity index (χ3v) is 6.57. The molecule has 0 spiro atoms. The number of nitrogens with zero attached hydrogens (tertiary/aromatic N) is 5. The summed E-state index contributed by atoms with van der Waals surface area (Å²) in [7, 11) is 0. The monoisotopic (exact) mass is 455 g/mol. The summed E-state index contributed by atoms with van der Waals surface area (Å²) in [4.78, 5) is 28.3. The van der Waals surface area contributed by atoms with Crippen LogP contribution in [-0.4, -0.2) is 41.4 Å². The highest BCUT2D eigenvalue weighted by Gasteiger charge is 2.32. The molecule has 8 nitrogen and oxygen atoms in total. The Morgan fingerprint density at radius 2 is 2.11 bits per heavy atom. The first kappa shape index (κ1) is 17.4. The number of hydrogen-bond donors (Lipinski definition) is 2. The van der Waals surface area contributed by atoms with Crippen molar-refractivity contribution >= 4 is 50.6 Å². The Kier molecular flexibility index (Phi) is 4.17. The van der Waals surface area contributed by atoms with E-state index in [2.05, 4.69) is 47.2 Å². The normalized spacial score (nSPS) is 16.6. The standard InChI is InChI=1S/C18H14BrN7OS/c1-9-13-15(10-4-2-3-5-11(10)19)28-6-12(27)24-17(13)26(25-9)18-14-16(21-7-20-14)22-8-23-18/h2-5,7-8,15H,6H2,1H3,(H,24,27)(H,20,21,22,23). The van der Waals surface area contributed by atoms with Gasteiger partial charge >= 0.3 is 0 Å². The van der Waals surface area contributed by atoms with E-state index in [4.69, 9.17) is 5.10 Å². The second kappa shape index (κ2) is 6.71. The molecule has 0 bridgehead atoms. The fourth-order valence-electron chi connectivity index (χ4n) is 3.38. The first-order valence-corrected chi connectivity index (χ1v) is 10.4. The van der Waals surface area contributed by atoms with Crippen LogP contribution in [0, 0.1) is 6.92 Å². The Labute approximate surface area is 172 Å². The highest BCUT2D eigenvalue weighted by Crippen LogP contribution is 2.45. The van der Waals surface area contributed by atoms with E-state index in [1.165, 1.54) is 6.33 Å². The number of aromatic nitrogens is 6. The maximum absolute atomic E-state index is 12.5. The fourth-order valence-corrected chi connectivity index (χ4v) is 5.27. The molecule has 1 aliphatic rings. The fraction of sp³-hybridized carbons (Fsp3) is 0.167. The molecule has 1 atom stereocenters. The van der Waals surface area contributed by atoms with Crippen molar-refractivity contribution in [3.63, 3.8) is 0 Å². The van der Waals surface area contributed by atoms with Gasteiger partial charge in [-0.05, 0) is 18.6 Å². The van der Waals surface area contributed by atoms with Gasteiger partial charge in [0.2, 0.25) is 5.91 Å². The highest BCUT2D eigenvalue weighted by molar-refractivity contribution is 9.10. The minimum Gasteiger partial charge on any atom is -0.340 e. The van der Waals surface area contributed by atoms with Crippen molar-refractivity contribution in [1.29, 1.82) is 0 Å². The Bertz CT molecular complexity index is 1220. The van der Waals surface area contributed by atoms with Gasteiger partial charge in [-0.3, -0.25) is 4.79 Å². The molecule has 28 heavy (non-hydrogen) atoms. The number of fused-ring (bicyclic) bond motifs is 2. The van der Waals surface area contributed by atoms with E-state index in [1.807, 2.05) is 25.1 Å². The zero-order valence-electron chi connectivity index (χ0n) is 14.7. The maximum atomic E-state index is 12.5. The summed E-state index contributed by atoms with van der Waals surface area (Å²) >= 11 is 5.23. The third-order valence-electron chi connectivity index (χ3n) is 4.60. The van der Waals surface area contributed by atoms with Crippen LogP contribution in [0.4, 0.5) is 5.82 Å². The van der Waals surface area contributed by atoms with Gasteiger partial charge in [0, 0.05) is 10.0 Å². The van der Waals surface area contributed by atoms with E-state index >= 15 is 0 Å². The van der Waals surface area contributed by atoms with Gasteiger partial charge in [-0.15, -0.1) is 11.8 Å². The van der Waals surface area contributed by atoms with E-state index in [0.717, 1.165) is 21.3 Å². The van der Waals surface area contributed by atoms with Crippen LogP contribution in [0.25, 0.3) is 17.0 Å². The van der Waals surface area contributed by atoms with E-state index in [9.17, 15) is 4.79 Å². The van der Waals surface area contributed by atoms with E-state index < -0.39 is 0 Å². The van der Waals surface area contributed by atoms with Gasteiger partial charge in [-0.1, -0.05) is 34.1 Å². The summed E-state index contributed by atoms with van der Waals surface area (Å²) in [6.07, 6.45) is 3.01. The SMILES string of the molecule is Cc1nn(-c2ncnc3nc[nH]c23)c2c1C(c1ccccc1Br)SCC(=O)N2. The van der Waals surface area contributed by atoms with Crippen molar-refractivity contribution in [2.24, 2.45) is 0 Å². The van der Waals surface area contributed by atoms with Crippen LogP contribution in [0.1, 0.15) is 22.1 Å². The first-order chi connectivity index (χ1) is 13.6. The van der Waals surface area contributed by atoms with Crippen LogP contribution >= 0.6 is 27.7 Å². The molecule has 140 valence electrons. The van der Waals surface area contributed by atoms with Gasteiger partial charge in [0.15, 0.2) is 11.5 Å². The lowest BCUT2D eigenvalue weighted by Crippen LogP contribution is -2.16. The molecular formula is C18H14BrN7OS. The molecule has 1 amide bonds. The predicted octanol–water partition coefficient (Wildman–Crippen LogP) is 3.38. The number of hydrogen-bond acceptors (Lipinski definition) is 6. The zero-order valence-corrected chi connectivity index (χ0v) is 17.1. The molecule has 1 aromatic carbocycles. The molecule has 0 fully saturated rings. The van der Waals surface area contributed by atoms with E-state index in [0.29, 0.717) is 28.6 Å². The molecule has 1 unspecified atom stereocenters. The molecule has 2 N–H and O–H groups in total. The van der Waals surface area contributed by atoms with Crippen LogP contribution in [0.15, 0.2) is 41.4 Å². The quantitative estimate of drug-likeness (QED) is 0.480. The maximum Gasteiger partial charge on any atom is 0.235 e. The second-order valence-electron chi connectivity index (χ2n) is 6.32. The number of carbonyl (C=O) groups is 1. The third kappa shape index (κ3) is 2.71. The number of halogens is 1. The van der Waals surface area contributed by atoms with Gasteiger partial charge in [-0.2, -0.15) is 9.78 Å². The van der Waals surface area contributed by atoms with Gasteiger partial charge < -0.3 is 10.3 Å². The van der Waals surface area contributed by atoms with Crippen LogP contribution < -0.4 is 5.32 Å². The van der Waals surface area contributed by atoms with Gasteiger partial charge in [-0.25, -0.2) is 15.0 Å². The molecule has 0 saturated carbocycles. The number of aromatic amines is 1. The van der Waals surface area contributed by atoms with Crippen LogP contribution in [0.5, 0.6) is 0 Å². The lowest BCUT2D eigenvalue weighted by molar-refractivity contribution is -0.113. The molecule has 4 aromatic rings. The van der Waals surface area contributed by atoms with Crippen molar-refractivity contribution in [3.8, 4) is 5.82 Å². The molecule has 10 heteroatoms. The molecule has 0 radical (unpaired) electrons. The zero-order chi connectivity index (χ0) is 19.3. The molecule has 1 aliphatic heterocycles. The Morgan fingerprint density at radius 3 is 2.96 bits per heavy atom. The van der Waals surface area contributed by atoms with Crippen molar-refractivity contribution in [2.45, 2.75) is 12.2 Å². The largest absolute Gasteiger partial charge is 0.340 e. The summed E-state index contributed by atoms with van der Waals surface area (Å²) in [5.41, 5.74) is 4.10. The van der Waals surface area contributed by atoms with Crippen LogP contribution in [0.3, 0.4) is 0 Å². The summed E-state index contributed by atoms with van der Waals surface area (Å²) in [6.45, 7) is 1.95. The number of nitrogens with one attached hydrogen (secondary N) is 2. The molecule has 4 heterocycles. The summed E-state index contributed by atoms with van der Waals surface area (Å²) in [5.74, 6) is 1.45. The predicted molar refractivity (Wildman–Crippen MR) is 111 cm³/mol. The number of carbonyl (C=O) groups excluding carboxylic acids is 1. The average Bonchev–Trinajstić information content (AvgIpc) is 3.24. The molecule has 0 saturated heterocycles. The summed E-state index contributed by atoms with van der Waals surface area (Å²) in [6, 6.07) is 8.05. The van der Waals surface area contributed by atoms with Crippen LogP contribution in [-0.2, 0) is 4.79 Å². The highest BCUT2D eigenvalue weighted by atomic mass is 79.9. The number of amides is 1. The average molecular weight is 456 g/mol. The van der Waals surface area contributed by atoms with Crippen molar-refractivity contribution in [1.82, 2.24) is 29.7 Å². The first-order valence-electron chi connectivity index (χ1n) is 8.53. The Morgan fingerprint density at radius 1 is 1.25 bits per heavy atom. The number of imidazole rings is 1. The minimum absolute atomic E-state index is 0.0441. The van der Waals surface area contributed by atoms with Crippen LogP contribution in [0.2, 0.25) is 0 Å². The molecule has 5 rings (SSSR count). The minimum atomic E-state index is -0.0723. The number of H-pyrrole nitrogens is 1. The van der Waals surface area contributed by atoms with Crippen molar-refractivity contribution < 1.29 is 4.79 Å². The Balaban J connectivity index is 1.76. The topological polar surface area (TPSA) is 101 Å².